The van der Waals surface area contributed by atoms with Crippen molar-refractivity contribution in [3.8, 4) is 33.6 Å². The molecule has 0 bridgehead atoms. The van der Waals surface area contributed by atoms with Gasteiger partial charge in [0, 0.05) is 19.0 Å². The molecule has 3 aromatic carbocycles. The number of benzene rings is 3. The Morgan fingerprint density at radius 3 is 1.55 bits per heavy atom. The van der Waals surface area contributed by atoms with Crippen LogP contribution in [0, 0.1) is 0 Å². The molecule has 2 amide bonds. The highest BCUT2D eigenvalue weighted by molar-refractivity contribution is 5.85. The molecule has 5 aromatic rings. The Balaban J connectivity index is 1.09. The summed E-state index contributed by atoms with van der Waals surface area (Å²) in [5.74, 6) is 1.59. The maximum absolute atomic E-state index is 13.0. The van der Waals surface area contributed by atoms with E-state index in [-0.39, 0.29) is 30.2 Å². The number of H-pyrrole nitrogens is 2. The van der Waals surface area contributed by atoms with Crippen molar-refractivity contribution in [1.82, 2.24) is 29.7 Å². The third kappa shape index (κ3) is 6.82. The van der Waals surface area contributed by atoms with Crippen molar-refractivity contribution in [3.05, 3.63) is 107 Å². The van der Waals surface area contributed by atoms with E-state index in [0.29, 0.717) is 13.1 Å². The normalized spacial score (nSPS) is 19.7. The Hall–Kier alpha value is -5.38. The molecular formula is C43H48N6O4. The molecule has 274 valence electrons. The minimum atomic E-state index is -0.557. The number of imidazole rings is 2. The van der Waals surface area contributed by atoms with Crippen molar-refractivity contribution in [1.29, 1.82) is 0 Å². The summed E-state index contributed by atoms with van der Waals surface area (Å²) in [7, 11) is 0. The maximum atomic E-state index is 13.0. The lowest BCUT2D eigenvalue weighted by Crippen LogP contribution is -2.36. The third-order valence-corrected chi connectivity index (χ3v) is 10.4. The van der Waals surface area contributed by atoms with Gasteiger partial charge < -0.3 is 19.4 Å². The van der Waals surface area contributed by atoms with Crippen molar-refractivity contribution in [2.45, 2.75) is 96.4 Å². The highest BCUT2D eigenvalue weighted by Gasteiger charge is 2.37. The Morgan fingerprint density at radius 2 is 1.11 bits per heavy atom. The summed E-state index contributed by atoms with van der Waals surface area (Å²) in [5.41, 5.74) is 8.91. The minimum Gasteiger partial charge on any atom is -0.444 e. The molecule has 3 atom stereocenters. The lowest BCUT2D eigenvalue weighted by Gasteiger charge is -2.27. The second kappa shape index (κ2) is 13.2. The summed E-state index contributed by atoms with van der Waals surface area (Å²) in [6.45, 7) is 12.7. The fourth-order valence-corrected chi connectivity index (χ4v) is 8.09. The largest absolute Gasteiger partial charge is 0.444 e. The summed E-state index contributed by atoms with van der Waals surface area (Å²) in [5, 5.41) is 0. The van der Waals surface area contributed by atoms with Gasteiger partial charge in [-0.25, -0.2) is 19.6 Å². The first-order valence-corrected chi connectivity index (χ1v) is 18.8. The second-order valence-electron chi connectivity index (χ2n) is 16.5. The van der Waals surface area contributed by atoms with Gasteiger partial charge in [-0.05, 0) is 118 Å². The highest BCUT2D eigenvalue weighted by Crippen LogP contribution is 2.50. The topological polar surface area (TPSA) is 116 Å². The van der Waals surface area contributed by atoms with Crippen LogP contribution in [0.2, 0.25) is 0 Å². The molecule has 2 aliphatic heterocycles. The van der Waals surface area contributed by atoms with Gasteiger partial charge in [0.2, 0.25) is 0 Å². The molecule has 10 nitrogen and oxygen atoms in total. The quantitative estimate of drug-likeness (QED) is 0.184. The smallest absolute Gasteiger partial charge is 0.410 e. The number of hydrogen-bond donors (Lipinski definition) is 2. The molecule has 1 aliphatic carbocycles. The second-order valence-corrected chi connectivity index (χ2v) is 16.5. The molecule has 0 radical (unpaired) electrons. The first kappa shape index (κ1) is 34.7. The molecule has 2 fully saturated rings. The van der Waals surface area contributed by atoms with Gasteiger partial charge in [-0.15, -0.1) is 0 Å². The van der Waals surface area contributed by atoms with E-state index in [9.17, 15) is 9.59 Å². The van der Waals surface area contributed by atoms with Crippen molar-refractivity contribution in [2.75, 3.05) is 13.1 Å². The lowest BCUT2D eigenvalue weighted by atomic mass is 9.88. The van der Waals surface area contributed by atoms with Gasteiger partial charge in [-0.2, -0.15) is 0 Å². The van der Waals surface area contributed by atoms with Crippen LogP contribution in [0.15, 0.2) is 79.1 Å². The van der Waals surface area contributed by atoms with E-state index in [4.69, 9.17) is 19.4 Å². The van der Waals surface area contributed by atoms with E-state index in [1.165, 1.54) is 27.8 Å². The van der Waals surface area contributed by atoms with Crippen molar-refractivity contribution in [2.24, 2.45) is 0 Å². The van der Waals surface area contributed by atoms with Crippen LogP contribution in [0.4, 0.5) is 9.59 Å². The van der Waals surface area contributed by atoms with E-state index in [1.54, 1.807) is 9.80 Å². The van der Waals surface area contributed by atoms with Crippen LogP contribution in [0.5, 0.6) is 0 Å². The number of fused-ring (bicyclic) bond motifs is 3. The summed E-state index contributed by atoms with van der Waals surface area (Å²) < 4.78 is 11.4. The fraction of sp³-hybridized carbons (Fsp3) is 0.395. The average molecular weight is 713 g/mol. The van der Waals surface area contributed by atoms with Crippen molar-refractivity contribution < 1.29 is 19.1 Å². The number of ether oxygens (including phenoxy) is 2. The van der Waals surface area contributed by atoms with E-state index in [0.717, 1.165) is 59.8 Å². The first-order valence-electron chi connectivity index (χ1n) is 18.8. The van der Waals surface area contributed by atoms with Crippen LogP contribution in [0.25, 0.3) is 33.6 Å². The molecule has 2 unspecified atom stereocenters. The van der Waals surface area contributed by atoms with Crippen molar-refractivity contribution in [3.63, 3.8) is 0 Å². The fourth-order valence-electron chi connectivity index (χ4n) is 8.09. The minimum absolute atomic E-state index is 0.0286. The summed E-state index contributed by atoms with van der Waals surface area (Å²) in [4.78, 5) is 46.3. The van der Waals surface area contributed by atoms with E-state index < -0.39 is 11.2 Å². The van der Waals surface area contributed by atoms with Crippen LogP contribution in [-0.2, 0) is 9.47 Å². The standard InChI is InChI=1S/C43H48N6O4/c1-42(2,3)52-40(50)48-20-10-14-35(48)38-44-24-33(46-38)27-16-18-29-30-19-17-28(23-32(30)37(31(29)22-27)26-12-8-7-9-13-26)34-25-45-39(47-34)36-15-11-21-49(36)41(51)53-43(4,5)6/h7-9,12-13,16-19,22-25,35-37H,10-11,14-15,20-21H2,1-6H3,(H,44,46)(H,45,47)/t35-,36?,37?/m0/s1. The molecule has 53 heavy (non-hydrogen) atoms. The number of carbonyl (C=O) groups is 2. The first-order chi connectivity index (χ1) is 25.3. The van der Waals surface area contributed by atoms with E-state index in [1.807, 2.05) is 53.9 Å². The SMILES string of the molecule is CC(C)(C)OC(=O)N1CCCC1c1ncc(-c2ccc3c(c2)C(c2ccccc2)c2cc(-c4cnc([C@@H]5CCCN5C(=O)OC(C)(C)C)[nH]4)ccc2-3)[nH]1. The molecular weight excluding hydrogens is 665 g/mol. The molecule has 2 N–H and O–H groups in total. The van der Waals surface area contributed by atoms with Gasteiger partial charge in [0.05, 0.1) is 35.9 Å². The number of likely N-dealkylation sites (tertiary alicyclic amines) is 2. The number of aromatic nitrogens is 4. The van der Waals surface area contributed by atoms with Gasteiger partial charge in [0.1, 0.15) is 22.9 Å². The number of aromatic amines is 2. The lowest BCUT2D eigenvalue weighted by molar-refractivity contribution is 0.0208. The molecule has 0 spiro atoms. The van der Waals surface area contributed by atoms with Crippen molar-refractivity contribution >= 4 is 12.2 Å². The number of nitrogens with one attached hydrogen (secondary N) is 2. The number of amides is 2. The molecule has 8 rings (SSSR count). The molecule has 3 aliphatic rings. The van der Waals surface area contributed by atoms with Gasteiger partial charge in [-0.3, -0.25) is 9.80 Å². The maximum Gasteiger partial charge on any atom is 0.410 e. The van der Waals surface area contributed by atoms with E-state index >= 15 is 0 Å². The van der Waals surface area contributed by atoms with Crippen LogP contribution in [-0.4, -0.2) is 66.2 Å². The molecule has 0 saturated carbocycles. The monoisotopic (exact) mass is 712 g/mol. The number of rotatable bonds is 5. The number of hydrogen-bond acceptors (Lipinski definition) is 6. The van der Waals surface area contributed by atoms with Gasteiger partial charge in [-0.1, -0.05) is 54.6 Å². The zero-order valence-corrected chi connectivity index (χ0v) is 31.4. The van der Waals surface area contributed by atoms with Crippen LogP contribution < -0.4 is 0 Å². The van der Waals surface area contributed by atoms with Crippen LogP contribution in [0.3, 0.4) is 0 Å². The summed E-state index contributed by atoms with van der Waals surface area (Å²) in [6, 6.07) is 23.6. The zero-order valence-electron chi connectivity index (χ0n) is 31.4. The third-order valence-electron chi connectivity index (χ3n) is 10.4. The molecule has 10 heteroatoms. The average Bonchev–Trinajstić information content (AvgIpc) is 3.95. The van der Waals surface area contributed by atoms with E-state index in [2.05, 4.69) is 76.7 Å². The molecule has 2 saturated heterocycles. The number of nitrogens with zero attached hydrogens (tertiary/aromatic N) is 4. The number of carbonyl (C=O) groups excluding carboxylic acids is 2. The van der Waals surface area contributed by atoms with Gasteiger partial charge in [0.25, 0.3) is 0 Å². The Morgan fingerprint density at radius 1 is 0.660 bits per heavy atom. The predicted molar refractivity (Wildman–Crippen MR) is 204 cm³/mol. The van der Waals surface area contributed by atoms with Gasteiger partial charge in [0.15, 0.2) is 0 Å². The van der Waals surface area contributed by atoms with Crippen LogP contribution in [0.1, 0.15) is 114 Å². The summed E-state index contributed by atoms with van der Waals surface area (Å²) in [6.07, 6.45) is 6.65. The molecule has 4 heterocycles. The Bertz CT molecular complexity index is 2020. The Labute approximate surface area is 311 Å². The molecule has 2 aromatic heterocycles. The predicted octanol–water partition coefficient (Wildman–Crippen LogP) is 9.77. The van der Waals surface area contributed by atoms with Gasteiger partial charge >= 0.3 is 12.2 Å². The zero-order chi connectivity index (χ0) is 37.1. The summed E-state index contributed by atoms with van der Waals surface area (Å²) >= 11 is 0. The van der Waals surface area contributed by atoms with Crippen LogP contribution >= 0.6 is 0 Å². The Kier molecular flexibility index (Phi) is 8.66. The highest BCUT2D eigenvalue weighted by atomic mass is 16.6.